The van der Waals surface area contributed by atoms with Crippen molar-refractivity contribution in [3.8, 4) is 0 Å². The molecule has 2 aromatic rings. The van der Waals surface area contributed by atoms with Crippen LogP contribution in [0.25, 0.3) is 0 Å². The first-order chi connectivity index (χ1) is 13.4. The Morgan fingerprint density at radius 3 is 2.07 bits per heavy atom. The minimum absolute atomic E-state index is 0.0258. The first kappa shape index (κ1) is 21.0. The van der Waals surface area contributed by atoms with Gasteiger partial charge in [-0.3, -0.25) is 19.3 Å². The summed E-state index contributed by atoms with van der Waals surface area (Å²) in [6.07, 6.45) is 0. The zero-order valence-electron chi connectivity index (χ0n) is 15.8. The molecule has 0 aromatic heterocycles. The molecule has 0 saturated heterocycles. The van der Waals surface area contributed by atoms with Crippen molar-refractivity contribution in [1.82, 2.24) is 10.2 Å². The lowest BCUT2D eigenvalue weighted by atomic mass is 10.2. The van der Waals surface area contributed by atoms with E-state index in [2.05, 4.69) is 16.0 Å². The fourth-order valence-corrected chi connectivity index (χ4v) is 2.51. The van der Waals surface area contributed by atoms with E-state index in [1.165, 1.54) is 23.1 Å². The Labute approximate surface area is 162 Å². The van der Waals surface area contributed by atoms with Gasteiger partial charge in [-0.05, 0) is 50.4 Å². The topological polar surface area (TPSA) is 90.5 Å². The Bertz CT molecular complexity index is 857. The van der Waals surface area contributed by atoms with Gasteiger partial charge in [0.25, 0.3) is 5.91 Å². The van der Waals surface area contributed by atoms with Crippen LogP contribution in [-0.4, -0.2) is 49.3 Å². The van der Waals surface area contributed by atoms with Crippen molar-refractivity contribution >= 4 is 29.1 Å². The molecule has 3 N–H and O–H groups in total. The Kier molecular flexibility index (Phi) is 7.65. The van der Waals surface area contributed by atoms with Crippen molar-refractivity contribution < 1.29 is 18.8 Å². The lowest BCUT2D eigenvalue weighted by Gasteiger charge is -2.16. The number of carbonyl (C=O) groups is 3. The molecule has 2 rings (SSSR count). The Morgan fingerprint density at radius 2 is 1.50 bits per heavy atom. The normalized spacial score (nSPS) is 10.4. The van der Waals surface area contributed by atoms with E-state index in [9.17, 15) is 18.8 Å². The molecule has 0 radical (unpaired) electrons. The molecule has 0 bridgehead atoms. The first-order valence-corrected chi connectivity index (χ1v) is 8.79. The molecule has 148 valence electrons. The largest absolute Gasteiger partial charge is 0.352 e. The highest BCUT2D eigenvalue weighted by atomic mass is 19.1. The van der Waals surface area contributed by atoms with Crippen LogP contribution in [-0.2, 0) is 9.59 Å². The highest BCUT2D eigenvalue weighted by Gasteiger charge is 2.12. The predicted octanol–water partition coefficient (Wildman–Crippen LogP) is 2.08. The van der Waals surface area contributed by atoms with Crippen molar-refractivity contribution in [3.63, 3.8) is 0 Å². The zero-order valence-corrected chi connectivity index (χ0v) is 15.8. The second kappa shape index (κ2) is 10.2. The van der Waals surface area contributed by atoms with Crippen molar-refractivity contribution in [1.29, 1.82) is 0 Å². The van der Waals surface area contributed by atoms with Crippen LogP contribution in [0.2, 0.25) is 0 Å². The summed E-state index contributed by atoms with van der Waals surface area (Å²) in [5.41, 5.74) is 1.29. The highest BCUT2D eigenvalue weighted by Crippen LogP contribution is 2.11. The number of carbonyl (C=O) groups excluding carboxylic acids is 3. The molecule has 7 nitrogen and oxygen atoms in total. The summed E-state index contributed by atoms with van der Waals surface area (Å²) < 4.78 is 13.1. The summed E-state index contributed by atoms with van der Waals surface area (Å²) in [6.45, 7) is 2.27. The molecule has 0 aliphatic carbocycles. The number of nitrogens with zero attached hydrogens (tertiary/aromatic N) is 1. The summed E-state index contributed by atoms with van der Waals surface area (Å²) in [4.78, 5) is 37.6. The van der Waals surface area contributed by atoms with Gasteiger partial charge >= 0.3 is 0 Å². The second-order valence-corrected chi connectivity index (χ2v) is 6.22. The minimum Gasteiger partial charge on any atom is -0.352 e. The van der Waals surface area contributed by atoms with Gasteiger partial charge in [0.05, 0.1) is 13.1 Å². The standard InChI is InChI=1S/C20H23FN4O3/c1-3-22-20(28)14-6-4-8-16(10-14)23-18(26)12-25(2)13-19(27)24-17-9-5-7-15(21)11-17/h4-11H,3,12-13H2,1-2H3,(H,22,28)(H,23,26)(H,24,27). The Morgan fingerprint density at radius 1 is 0.929 bits per heavy atom. The van der Waals surface area contributed by atoms with Gasteiger partial charge in [-0.15, -0.1) is 0 Å². The Balaban J connectivity index is 1.84. The predicted molar refractivity (Wildman–Crippen MR) is 106 cm³/mol. The molecule has 0 heterocycles. The molecule has 0 fully saturated rings. The first-order valence-electron chi connectivity index (χ1n) is 8.79. The van der Waals surface area contributed by atoms with Crippen molar-refractivity contribution in [3.05, 3.63) is 59.9 Å². The van der Waals surface area contributed by atoms with Gasteiger partial charge in [-0.2, -0.15) is 0 Å². The van der Waals surface area contributed by atoms with E-state index in [1.807, 2.05) is 6.92 Å². The molecule has 2 aromatic carbocycles. The van der Waals surface area contributed by atoms with Gasteiger partial charge in [-0.25, -0.2) is 4.39 Å². The molecule has 0 unspecified atom stereocenters. The maximum Gasteiger partial charge on any atom is 0.251 e. The molecule has 0 aliphatic rings. The third-order valence-electron chi connectivity index (χ3n) is 3.68. The third kappa shape index (κ3) is 6.81. The van der Waals surface area contributed by atoms with E-state index in [4.69, 9.17) is 0 Å². The number of hydrogen-bond donors (Lipinski definition) is 3. The van der Waals surface area contributed by atoms with Gasteiger partial charge in [0, 0.05) is 23.5 Å². The van der Waals surface area contributed by atoms with Crippen LogP contribution in [0.5, 0.6) is 0 Å². The molecule has 3 amide bonds. The summed E-state index contributed by atoms with van der Waals surface area (Å²) >= 11 is 0. The molecular weight excluding hydrogens is 363 g/mol. The summed E-state index contributed by atoms with van der Waals surface area (Å²) in [5, 5.41) is 7.96. The molecule has 8 heteroatoms. The molecular formula is C20H23FN4O3. The summed E-state index contributed by atoms with van der Waals surface area (Å²) in [6, 6.07) is 12.2. The fourth-order valence-electron chi connectivity index (χ4n) is 2.51. The number of rotatable bonds is 8. The number of halogens is 1. The maximum absolute atomic E-state index is 13.1. The molecule has 0 aliphatic heterocycles. The van der Waals surface area contributed by atoms with E-state index in [0.717, 1.165) is 0 Å². The number of anilines is 2. The zero-order chi connectivity index (χ0) is 20.5. The van der Waals surface area contributed by atoms with Gasteiger partial charge in [0.2, 0.25) is 11.8 Å². The monoisotopic (exact) mass is 386 g/mol. The lowest BCUT2D eigenvalue weighted by Crippen LogP contribution is -2.36. The van der Waals surface area contributed by atoms with Gasteiger partial charge in [0.15, 0.2) is 0 Å². The average molecular weight is 386 g/mol. The SMILES string of the molecule is CCNC(=O)c1cccc(NC(=O)CN(C)CC(=O)Nc2cccc(F)c2)c1. The van der Waals surface area contributed by atoms with Crippen LogP contribution in [0, 0.1) is 5.82 Å². The van der Waals surface area contributed by atoms with E-state index in [1.54, 1.807) is 37.4 Å². The van der Waals surface area contributed by atoms with E-state index in [0.29, 0.717) is 23.5 Å². The van der Waals surface area contributed by atoms with Crippen molar-refractivity contribution in [2.24, 2.45) is 0 Å². The number of likely N-dealkylation sites (N-methyl/N-ethyl adjacent to an activating group) is 1. The van der Waals surface area contributed by atoms with Crippen molar-refractivity contribution in [2.45, 2.75) is 6.92 Å². The van der Waals surface area contributed by atoms with Crippen LogP contribution in [0.4, 0.5) is 15.8 Å². The van der Waals surface area contributed by atoms with Crippen molar-refractivity contribution in [2.75, 3.05) is 37.3 Å². The lowest BCUT2D eigenvalue weighted by molar-refractivity contribution is -0.119. The summed E-state index contributed by atoms with van der Waals surface area (Å²) in [5.74, 6) is -1.35. The van der Waals surface area contributed by atoms with Gasteiger partial charge in [0.1, 0.15) is 5.82 Å². The maximum atomic E-state index is 13.1. The molecule has 0 spiro atoms. The quantitative estimate of drug-likeness (QED) is 0.648. The van der Waals surface area contributed by atoms with Crippen LogP contribution in [0.15, 0.2) is 48.5 Å². The van der Waals surface area contributed by atoms with Gasteiger partial charge in [-0.1, -0.05) is 12.1 Å². The van der Waals surface area contributed by atoms with Gasteiger partial charge < -0.3 is 16.0 Å². The molecule has 0 atom stereocenters. The van der Waals surface area contributed by atoms with Crippen LogP contribution >= 0.6 is 0 Å². The Hall–Kier alpha value is -3.26. The summed E-state index contributed by atoms with van der Waals surface area (Å²) in [7, 11) is 1.62. The third-order valence-corrected chi connectivity index (χ3v) is 3.68. The number of amides is 3. The van der Waals surface area contributed by atoms with E-state index >= 15 is 0 Å². The second-order valence-electron chi connectivity index (χ2n) is 6.22. The number of benzene rings is 2. The number of nitrogens with one attached hydrogen (secondary N) is 3. The molecule has 0 saturated carbocycles. The van der Waals surface area contributed by atoms with E-state index < -0.39 is 5.82 Å². The van der Waals surface area contributed by atoms with E-state index in [-0.39, 0.29) is 30.8 Å². The van der Waals surface area contributed by atoms with Crippen LogP contribution in [0.3, 0.4) is 0 Å². The fraction of sp³-hybridized carbons (Fsp3) is 0.250. The van der Waals surface area contributed by atoms with Crippen LogP contribution in [0.1, 0.15) is 17.3 Å². The van der Waals surface area contributed by atoms with Crippen LogP contribution < -0.4 is 16.0 Å². The smallest absolute Gasteiger partial charge is 0.251 e. The highest BCUT2D eigenvalue weighted by molar-refractivity contribution is 5.98. The average Bonchev–Trinajstić information content (AvgIpc) is 2.61. The minimum atomic E-state index is -0.444. The molecule has 28 heavy (non-hydrogen) atoms. The number of hydrogen-bond acceptors (Lipinski definition) is 4.